The molecule has 8 heteroatoms. The lowest BCUT2D eigenvalue weighted by atomic mass is 9.95. The van der Waals surface area contributed by atoms with Crippen molar-refractivity contribution >= 4 is 32.7 Å². The number of anilines is 1. The van der Waals surface area contributed by atoms with Gasteiger partial charge in [0.1, 0.15) is 5.82 Å². The highest BCUT2D eigenvalue weighted by atomic mass is 32.2. The van der Waals surface area contributed by atoms with E-state index in [4.69, 9.17) is 0 Å². The number of fused-ring (bicyclic) bond motifs is 2. The fraction of sp³-hybridized carbons (Fsp3) is 0.417. The second-order valence-electron chi connectivity index (χ2n) is 8.75. The average molecular weight is 455 g/mol. The van der Waals surface area contributed by atoms with E-state index in [1.807, 2.05) is 16.5 Å². The average Bonchev–Trinajstić information content (AvgIpc) is 3.06. The van der Waals surface area contributed by atoms with Gasteiger partial charge in [0.25, 0.3) is 0 Å². The summed E-state index contributed by atoms with van der Waals surface area (Å²) in [4.78, 5) is 19.9. The van der Waals surface area contributed by atoms with E-state index < -0.39 is 10.0 Å². The maximum Gasteiger partial charge on any atom is 0.242 e. The smallest absolute Gasteiger partial charge is 0.242 e. The summed E-state index contributed by atoms with van der Waals surface area (Å²) in [5.41, 5.74) is 6.19. The van der Waals surface area contributed by atoms with Gasteiger partial charge in [-0.05, 0) is 67.6 Å². The van der Waals surface area contributed by atoms with E-state index in [2.05, 4.69) is 31.0 Å². The van der Waals surface area contributed by atoms with Crippen molar-refractivity contribution < 1.29 is 13.2 Å². The highest BCUT2D eigenvalue weighted by Gasteiger charge is 2.24. The van der Waals surface area contributed by atoms with Crippen LogP contribution < -0.4 is 4.90 Å². The van der Waals surface area contributed by atoms with Crippen LogP contribution in [0.5, 0.6) is 0 Å². The van der Waals surface area contributed by atoms with Crippen LogP contribution in [0.15, 0.2) is 35.2 Å². The monoisotopic (exact) mass is 454 g/mol. The fourth-order valence-corrected chi connectivity index (χ4v) is 5.43. The minimum atomic E-state index is -3.52. The maximum absolute atomic E-state index is 13.1. The van der Waals surface area contributed by atoms with E-state index in [0.29, 0.717) is 18.4 Å². The molecule has 1 aromatic heterocycles. The fourth-order valence-electron chi connectivity index (χ4n) is 4.51. The predicted molar refractivity (Wildman–Crippen MR) is 126 cm³/mol. The molecule has 0 aliphatic carbocycles. The van der Waals surface area contributed by atoms with Crippen LogP contribution in [0, 0.1) is 13.8 Å². The summed E-state index contributed by atoms with van der Waals surface area (Å²) < 4.78 is 28.0. The van der Waals surface area contributed by atoms with Crippen LogP contribution in [0.2, 0.25) is 0 Å². The summed E-state index contributed by atoms with van der Waals surface area (Å²) in [6, 6.07) is 9.26. The van der Waals surface area contributed by atoms with Gasteiger partial charge >= 0.3 is 0 Å². The van der Waals surface area contributed by atoms with E-state index in [1.165, 1.54) is 35.1 Å². The molecule has 1 aliphatic rings. The van der Waals surface area contributed by atoms with Gasteiger partial charge in [0.2, 0.25) is 15.9 Å². The van der Waals surface area contributed by atoms with Gasteiger partial charge in [0.15, 0.2) is 0 Å². The number of imidazole rings is 1. The molecular formula is C24H30N4O3S. The third-order valence-corrected chi connectivity index (χ3v) is 8.09. The third kappa shape index (κ3) is 3.93. The Balaban J connectivity index is 1.57. The Labute approximate surface area is 189 Å². The standard InChI is InChI=1S/C24H30N4O3S/c1-16-13-17(2)19-7-6-12-28(22(19)14-16)24(29)11-10-23-25-20-15-18(32(30,31)26(3)4)8-9-21(20)27(23)5/h8-9,13-15H,6-7,10-12H2,1-5H3. The van der Waals surface area contributed by atoms with Crippen molar-refractivity contribution in [2.24, 2.45) is 7.05 Å². The molecule has 0 atom stereocenters. The minimum absolute atomic E-state index is 0.0962. The van der Waals surface area contributed by atoms with Crippen LogP contribution in [0.25, 0.3) is 11.0 Å². The van der Waals surface area contributed by atoms with Crippen molar-refractivity contribution in [3.05, 3.63) is 52.8 Å². The van der Waals surface area contributed by atoms with Crippen LogP contribution in [-0.4, -0.2) is 48.8 Å². The number of rotatable bonds is 5. The highest BCUT2D eigenvalue weighted by molar-refractivity contribution is 7.89. The van der Waals surface area contributed by atoms with Crippen LogP contribution in [-0.2, 0) is 34.7 Å². The lowest BCUT2D eigenvalue weighted by molar-refractivity contribution is -0.118. The van der Waals surface area contributed by atoms with Crippen LogP contribution in [0.4, 0.5) is 5.69 Å². The first kappa shape index (κ1) is 22.5. The van der Waals surface area contributed by atoms with Crippen LogP contribution >= 0.6 is 0 Å². The van der Waals surface area contributed by atoms with Crippen molar-refractivity contribution in [2.45, 2.75) is 44.4 Å². The molecule has 2 aromatic carbocycles. The largest absolute Gasteiger partial charge is 0.331 e. The molecule has 0 spiro atoms. The molecule has 32 heavy (non-hydrogen) atoms. The second kappa shape index (κ2) is 8.33. The molecule has 0 fully saturated rings. The number of carbonyl (C=O) groups excluding carboxylic acids is 1. The zero-order chi connectivity index (χ0) is 23.2. The molecule has 7 nitrogen and oxygen atoms in total. The van der Waals surface area contributed by atoms with E-state index in [9.17, 15) is 13.2 Å². The first-order valence-corrected chi connectivity index (χ1v) is 12.3. The zero-order valence-electron chi connectivity index (χ0n) is 19.3. The van der Waals surface area contributed by atoms with E-state index in [1.54, 1.807) is 18.2 Å². The Kier molecular flexibility index (Phi) is 5.85. The third-order valence-electron chi connectivity index (χ3n) is 6.28. The predicted octanol–water partition coefficient (Wildman–Crippen LogP) is 3.35. The Morgan fingerprint density at radius 1 is 1.16 bits per heavy atom. The van der Waals surface area contributed by atoms with Crippen molar-refractivity contribution in [3.63, 3.8) is 0 Å². The molecule has 0 bridgehead atoms. The lowest BCUT2D eigenvalue weighted by Gasteiger charge is -2.31. The number of benzene rings is 2. The highest BCUT2D eigenvalue weighted by Crippen LogP contribution is 2.32. The van der Waals surface area contributed by atoms with Gasteiger partial charge in [-0.2, -0.15) is 0 Å². The van der Waals surface area contributed by atoms with Crippen LogP contribution in [0.3, 0.4) is 0 Å². The lowest BCUT2D eigenvalue weighted by Crippen LogP contribution is -2.36. The van der Waals surface area contributed by atoms with E-state index >= 15 is 0 Å². The van der Waals surface area contributed by atoms with Gasteiger partial charge in [-0.3, -0.25) is 4.79 Å². The van der Waals surface area contributed by atoms with Crippen molar-refractivity contribution in [1.29, 1.82) is 0 Å². The summed E-state index contributed by atoms with van der Waals surface area (Å²) in [6.07, 6.45) is 2.83. The topological polar surface area (TPSA) is 75.5 Å². The summed E-state index contributed by atoms with van der Waals surface area (Å²) in [6.45, 7) is 4.92. The molecule has 0 saturated carbocycles. The first-order valence-electron chi connectivity index (χ1n) is 10.9. The molecular weight excluding hydrogens is 424 g/mol. The number of aryl methyl sites for hydroxylation is 4. The molecule has 0 unspecified atom stereocenters. The SMILES string of the molecule is Cc1cc(C)c2c(c1)N(C(=O)CCc1nc3cc(S(=O)(=O)N(C)C)ccc3n1C)CCC2. The van der Waals surface area contributed by atoms with Gasteiger partial charge in [-0.1, -0.05) is 6.07 Å². The van der Waals surface area contributed by atoms with Crippen molar-refractivity contribution in [3.8, 4) is 0 Å². The Hall–Kier alpha value is -2.71. The summed E-state index contributed by atoms with van der Waals surface area (Å²) >= 11 is 0. The second-order valence-corrected chi connectivity index (χ2v) is 10.9. The molecule has 1 aliphatic heterocycles. The molecule has 1 amide bonds. The number of sulfonamides is 1. The van der Waals surface area contributed by atoms with Gasteiger partial charge in [0.05, 0.1) is 15.9 Å². The molecule has 2 heterocycles. The Morgan fingerprint density at radius 2 is 1.91 bits per heavy atom. The van der Waals surface area contributed by atoms with E-state index in [0.717, 1.165) is 36.4 Å². The maximum atomic E-state index is 13.1. The van der Waals surface area contributed by atoms with Crippen LogP contribution in [0.1, 0.15) is 35.4 Å². The number of carbonyl (C=O) groups is 1. The summed E-state index contributed by atoms with van der Waals surface area (Å²) in [5, 5.41) is 0. The van der Waals surface area contributed by atoms with Gasteiger partial charge in [0, 0.05) is 46.2 Å². The summed E-state index contributed by atoms with van der Waals surface area (Å²) in [5.74, 6) is 0.865. The quantitative estimate of drug-likeness (QED) is 0.593. The molecule has 0 N–H and O–H groups in total. The molecule has 4 rings (SSSR count). The molecule has 3 aromatic rings. The molecule has 0 saturated heterocycles. The number of nitrogens with zero attached hydrogens (tertiary/aromatic N) is 4. The summed E-state index contributed by atoms with van der Waals surface area (Å²) in [7, 11) is 1.40. The minimum Gasteiger partial charge on any atom is -0.331 e. The number of hydrogen-bond donors (Lipinski definition) is 0. The number of amides is 1. The number of aromatic nitrogens is 2. The Bertz CT molecular complexity index is 1310. The van der Waals surface area contributed by atoms with Crippen molar-refractivity contribution in [2.75, 3.05) is 25.5 Å². The zero-order valence-corrected chi connectivity index (χ0v) is 20.2. The molecule has 0 radical (unpaired) electrons. The first-order chi connectivity index (χ1) is 15.1. The van der Waals surface area contributed by atoms with Gasteiger partial charge < -0.3 is 9.47 Å². The molecule has 170 valence electrons. The normalized spacial score (nSPS) is 14.2. The van der Waals surface area contributed by atoms with E-state index in [-0.39, 0.29) is 10.8 Å². The van der Waals surface area contributed by atoms with Gasteiger partial charge in [-0.25, -0.2) is 17.7 Å². The van der Waals surface area contributed by atoms with Crippen molar-refractivity contribution in [1.82, 2.24) is 13.9 Å². The van der Waals surface area contributed by atoms with Gasteiger partial charge in [-0.15, -0.1) is 0 Å². The number of hydrogen-bond acceptors (Lipinski definition) is 4. The Morgan fingerprint density at radius 3 is 2.62 bits per heavy atom.